The maximum atomic E-state index is 2.61. The van der Waals surface area contributed by atoms with Gasteiger partial charge in [0.05, 0.1) is 20.1 Å². The Labute approximate surface area is 81.7 Å². The Morgan fingerprint density at radius 2 is 1.92 bits per heavy atom. The van der Waals surface area contributed by atoms with E-state index in [0.29, 0.717) is 0 Å². The van der Waals surface area contributed by atoms with Gasteiger partial charge in [-0.1, -0.05) is 0 Å². The molecular weight excluding hydrogens is 160 g/mol. The van der Waals surface area contributed by atoms with E-state index in [9.17, 15) is 0 Å². The van der Waals surface area contributed by atoms with Crippen molar-refractivity contribution in [2.75, 3.05) is 20.1 Å². The van der Waals surface area contributed by atoms with E-state index in [1.165, 1.54) is 51.6 Å². The van der Waals surface area contributed by atoms with Gasteiger partial charge in [-0.2, -0.15) is 0 Å². The van der Waals surface area contributed by atoms with Gasteiger partial charge in [0.1, 0.15) is 12.1 Å². The molecule has 2 fully saturated rings. The van der Waals surface area contributed by atoms with Crippen LogP contribution in [-0.4, -0.2) is 32.2 Å². The average Bonchev–Trinajstić information content (AvgIpc) is 2.20. The number of likely N-dealkylation sites (N-methyl/N-ethyl adjacent to an activating group) is 1. The van der Waals surface area contributed by atoms with E-state index in [0.717, 1.165) is 12.1 Å². The Kier molecular flexibility index (Phi) is 3.23. The van der Waals surface area contributed by atoms with Crippen molar-refractivity contribution < 1.29 is 10.2 Å². The molecule has 0 amide bonds. The number of nitrogens with two attached hydrogens (primary N) is 1. The lowest BCUT2D eigenvalue weighted by Gasteiger charge is -2.35. The van der Waals surface area contributed by atoms with Gasteiger partial charge >= 0.3 is 0 Å². The van der Waals surface area contributed by atoms with Crippen molar-refractivity contribution in [3.8, 4) is 0 Å². The molecule has 2 saturated heterocycles. The third-order valence-electron chi connectivity index (χ3n) is 3.95. The molecule has 3 atom stereocenters. The van der Waals surface area contributed by atoms with Crippen LogP contribution in [0.1, 0.15) is 38.5 Å². The molecule has 2 aliphatic heterocycles. The molecule has 0 saturated carbocycles. The highest BCUT2D eigenvalue weighted by Gasteiger charge is 2.34. The maximum Gasteiger partial charge on any atom is 0.140 e. The van der Waals surface area contributed by atoms with Crippen molar-refractivity contribution in [2.45, 2.75) is 50.6 Å². The Hall–Kier alpha value is -0.0800. The molecule has 0 radical (unpaired) electrons. The summed E-state index contributed by atoms with van der Waals surface area (Å²) in [5.41, 5.74) is 0. The summed E-state index contributed by atoms with van der Waals surface area (Å²) in [4.78, 5) is 1.80. The predicted molar refractivity (Wildman–Crippen MR) is 53.8 cm³/mol. The standard InChI is InChI=1S/C11H22N2/c1-13-9-5-3-7-11(13)10-6-2-4-8-12-10/h10-12H,2-9H2,1H3/p+2/t10-,11+/m0/s1. The fourth-order valence-electron chi connectivity index (χ4n) is 3.12. The average molecular weight is 184 g/mol. The van der Waals surface area contributed by atoms with Crippen LogP contribution >= 0.6 is 0 Å². The van der Waals surface area contributed by atoms with Crippen LogP contribution in [0, 0.1) is 0 Å². The highest BCUT2D eigenvalue weighted by molar-refractivity contribution is 4.71. The molecule has 2 nitrogen and oxygen atoms in total. The molecule has 2 heterocycles. The highest BCUT2D eigenvalue weighted by atomic mass is 15.2. The number of rotatable bonds is 1. The van der Waals surface area contributed by atoms with E-state index in [2.05, 4.69) is 12.4 Å². The summed E-state index contributed by atoms with van der Waals surface area (Å²) in [7, 11) is 2.40. The third kappa shape index (κ3) is 2.23. The fraction of sp³-hybridized carbons (Fsp3) is 1.00. The zero-order valence-electron chi connectivity index (χ0n) is 8.89. The second kappa shape index (κ2) is 4.43. The third-order valence-corrected chi connectivity index (χ3v) is 3.95. The Balaban J connectivity index is 1.88. The first-order valence-corrected chi connectivity index (χ1v) is 6.03. The van der Waals surface area contributed by atoms with E-state index in [4.69, 9.17) is 0 Å². The van der Waals surface area contributed by atoms with Gasteiger partial charge < -0.3 is 10.2 Å². The topological polar surface area (TPSA) is 21.1 Å². The fourth-order valence-corrected chi connectivity index (χ4v) is 3.12. The van der Waals surface area contributed by atoms with E-state index in [1.54, 1.807) is 4.90 Å². The molecule has 2 heteroatoms. The minimum atomic E-state index is 0.953. The van der Waals surface area contributed by atoms with Gasteiger partial charge in [0, 0.05) is 12.8 Å². The largest absolute Gasteiger partial charge is 0.339 e. The SMILES string of the molecule is C[NH+]1CCCC[C@@H]1[C@@H]1CCCC[NH2+]1. The number of hydrogen-bond acceptors (Lipinski definition) is 0. The zero-order chi connectivity index (χ0) is 9.10. The zero-order valence-corrected chi connectivity index (χ0v) is 8.89. The van der Waals surface area contributed by atoms with E-state index < -0.39 is 0 Å². The van der Waals surface area contributed by atoms with E-state index >= 15 is 0 Å². The normalized spacial score (nSPS) is 41.8. The van der Waals surface area contributed by atoms with Crippen LogP contribution in [0.4, 0.5) is 0 Å². The van der Waals surface area contributed by atoms with Gasteiger partial charge in [-0.05, 0) is 25.7 Å². The number of nitrogens with one attached hydrogen (secondary N) is 1. The second-order valence-electron chi connectivity index (χ2n) is 4.88. The van der Waals surface area contributed by atoms with Gasteiger partial charge in [-0.15, -0.1) is 0 Å². The molecule has 0 spiro atoms. The summed E-state index contributed by atoms with van der Waals surface area (Å²) in [6, 6.07) is 1.92. The number of quaternary nitrogens is 2. The summed E-state index contributed by atoms with van der Waals surface area (Å²) in [6.07, 6.45) is 8.81. The van der Waals surface area contributed by atoms with E-state index in [-0.39, 0.29) is 0 Å². The Morgan fingerprint density at radius 1 is 1.08 bits per heavy atom. The molecule has 3 N–H and O–H groups in total. The summed E-state index contributed by atoms with van der Waals surface area (Å²) < 4.78 is 0. The number of piperidine rings is 2. The summed E-state index contributed by atoms with van der Waals surface area (Å²) in [5, 5.41) is 2.61. The molecule has 0 aromatic carbocycles. The smallest absolute Gasteiger partial charge is 0.140 e. The maximum absolute atomic E-state index is 2.61. The predicted octanol–water partition coefficient (Wildman–Crippen LogP) is -0.830. The molecule has 0 bridgehead atoms. The number of hydrogen-bond donors (Lipinski definition) is 2. The van der Waals surface area contributed by atoms with Gasteiger partial charge in [0.15, 0.2) is 0 Å². The lowest BCUT2D eigenvalue weighted by atomic mass is 9.91. The van der Waals surface area contributed by atoms with Crippen molar-refractivity contribution in [1.29, 1.82) is 0 Å². The first kappa shape index (κ1) is 9.47. The molecule has 0 aromatic rings. The molecule has 76 valence electrons. The van der Waals surface area contributed by atoms with Crippen LogP contribution in [0.25, 0.3) is 0 Å². The monoisotopic (exact) mass is 184 g/mol. The Bertz CT molecular complexity index is 152. The van der Waals surface area contributed by atoms with Crippen molar-refractivity contribution >= 4 is 0 Å². The number of likely N-dealkylation sites (tertiary alicyclic amines) is 1. The van der Waals surface area contributed by atoms with Crippen LogP contribution in [0.2, 0.25) is 0 Å². The molecule has 2 rings (SSSR count). The van der Waals surface area contributed by atoms with Crippen LogP contribution in [0.5, 0.6) is 0 Å². The first-order chi connectivity index (χ1) is 6.38. The molecule has 0 aliphatic carbocycles. The van der Waals surface area contributed by atoms with Crippen LogP contribution in [-0.2, 0) is 0 Å². The van der Waals surface area contributed by atoms with Crippen molar-refractivity contribution in [2.24, 2.45) is 0 Å². The van der Waals surface area contributed by atoms with Gasteiger partial charge in [-0.3, -0.25) is 0 Å². The summed E-state index contributed by atoms with van der Waals surface area (Å²) >= 11 is 0. The second-order valence-corrected chi connectivity index (χ2v) is 4.88. The van der Waals surface area contributed by atoms with E-state index in [1.807, 2.05) is 0 Å². The minimum Gasteiger partial charge on any atom is -0.339 e. The van der Waals surface area contributed by atoms with Crippen LogP contribution < -0.4 is 10.2 Å². The van der Waals surface area contributed by atoms with Gasteiger partial charge in [0.2, 0.25) is 0 Å². The Morgan fingerprint density at radius 3 is 2.62 bits per heavy atom. The van der Waals surface area contributed by atoms with Crippen molar-refractivity contribution in [3.63, 3.8) is 0 Å². The minimum absolute atomic E-state index is 0.953. The van der Waals surface area contributed by atoms with Crippen LogP contribution in [0.15, 0.2) is 0 Å². The highest BCUT2D eigenvalue weighted by Crippen LogP contribution is 2.10. The summed E-state index contributed by atoms with van der Waals surface area (Å²) in [5.74, 6) is 0. The summed E-state index contributed by atoms with van der Waals surface area (Å²) in [6.45, 7) is 2.80. The van der Waals surface area contributed by atoms with Gasteiger partial charge in [-0.25, -0.2) is 0 Å². The molecule has 2 aliphatic rings. The molecule has 13 heavy (non-hydrogen) atoms. The van der Waals surface area contributed by atoms with Crippen molar-refractivity contribution in [1.82, 2.24) is 0 Å². The lowest BCUT2D eigenvalue weighted by molar-refractivity contribution is -0.934. The molecular formula is C11H24N2+2. The quantitative estimate of drug-likeness (QED) is 0.531. The first-order valence-electron chi connectivity index (χ1n) is 6.03. The molecule has 1 unspecified atom stereocenters. The lowest BCUT2D eigenvalue weighted by Crippen LogP contribution is -3.19. The van der Waals surface area contributed by atoms with Gasteiger partial charge in [0.25, 0.3) is 0 Å². The molecule has 0 aromatic heterocycles. The van der Waals surface area contributed by atoms with Crippen molar-refractivity contribution in [3.05, 3.63) is 0 Å². The van der Waals surface area contributed by atoms with Crippen LogP contribution in [0.3, 0.4) is 0 Å².